The number of hydroxylamine groups is 1. The van der Waals surface area contributed by atoms with Gasteiger partial charge in [-0.2, -0.15) is 8.42 Å². The number of rotatable bonds is 33. The standard InChI is InChI=1S/C26H49N2O.C17H32N2O2S.C14H26N2O2S.3HI/c1-6-9-11-13-21-28(5,22-14-12-10-7-2)23-15-16-26(29-27-8-3)25-19-17-24(4)18-20-25;1-6-19(4,5)14-8-7-9-15-22(20,21,18-3)17-12-10-16(2)11-13-17;1-13-7-9-14(10-8-13)19(17,18,15-2)12-6-11-16(3,4)5;;;/h17-20,26-27H,6-16,21-23H2,1-5H3;10-13H,6-9,14-15H2,1-5H3,(H-,18,20,21);7-10H,6,11-12H2,1-5H3,(H-,15,17,18);3*1H/q+1;;;;;/p-1. The number of hydrogen-bond acceptors (Lipinski definition) is 4. The van der Waals surface area contributed by atoms with E-state index in [1.807, 2.05) is 38.1 Å². The third-order valence-corrected chi connectivity index (χ3v) is 20.2. The second-order valence-corrected chi connectivity index (χ2v) is 28.9. The predicted molar refractivity (Wildman–Crippen MR) is 304 cm³/mol. The lowest BCUT2D eigenvalue weighted by molar-refractivity contribution is -0.910. The van der Waals surface area contributed by atoms with Gasteiger partial charge in [0, 0.05) is 27.1 Å². The fourth-order valence-corrected chi connectivity index (χ4v) is 12.6. The van der Waals surface area contributed by atoms with Crippen LogP contribution >= 0.6 is 0 Å². The van der Waals surface area contributed by atoms with Gasteiger partial charge in [0.15, 0.2) is 0 Å². The fraction of sp³-hybridized carbons (Fsp3) is 0.684. The summed E-state index contributed by atoms with van der Waals surface area (Å²) in [5.74, 6) is 0.516. The summed E-state index contributed by atoms with van der Waals surface area (Å²) in [5.41, 5.74) is 7.87. The Morgan fingerprint density at radius 1 is 0.507 bits per heavy atom. The van der Waals surface area contributed by atoms with Crippen molar-refractivity contribution in [2.24, 2.45) is 0 Å². The highest BCUT2D eigenvalue weighted by Crippen LogP contribution is 2.32. The van der Waals surface area contributed by atoms with Crippen LogP contribution in [0.1, 0.15) is 146 Å². The molecular formula is C57H109I3N6O5S2. The van der Waals surface area contributed by atoms with E-state index in [0.717, 1.165) is 72.0 Å². The van der Waals surface area contributed by atoms with Crippen LogP contribution < -0.4 is 86.9 Å². The maximum absolute atomic E-state index is 13.1. The van der Waals surface area contributed by atoms with Gasteiger partial charge in [-0.25, -0.2) is 14.9 Å². The Kier molecular flexibility index (Phi) is 39.7. The molecule has 11 nitrogen and oxygen atoms in total. The molecule has 0 saturated heterocycles. The second kappa shape index (κ2) is 37.6. The molecule has 0 spiro atoms. The number of aryl methyl sites for hydroxylation is 3. The fourth-order valence-electron chi connectivity index (χ4n) is 8.46. The molecule has 16 heteroatoms. The zero-order valence-corrected chi connectivity index (χ0v) is 56.8. The number of quaternary nitrogens is 3. The first-order valence-corrected chi connectivity index (χ1v) is 31.1. The predicted octanol–water partition coefficient (Wildman–Crippen LogP) is 2.90. The van der Waals surface area contributed by atoms with Crippen LogP contribution in [0.25, 0.3) is 0 Å². The minimum atomic E-state index is -3.94. The SMILES string of the molecule is CCCCCC[N+](C)(CCCCCC)CCCC(ONCC)c1ccc(C)cc1.CC[N+](C)(C)CCCCCS(=O)(O)(NC)c1ccc(C)cc1.CNS(=O)(O)(CCC[N+](C)(C)C)c1ccc(C)cc1.[I-].[I-].[I-]. The zero-order valence-electron chi connectivity index (χ0n) is 48.7. The van der Waals surface area contributed by atoms with E-state index in [1.54, 1.807) is 38.4 Å². The summed E-state index contributed by atoms with van der Waals surface area (Å²) in [6.07, 6.45) is 16.8. The molecule has 1 unspecified atom stereocenters. The zero-order chi connectivity index (χ0) is 53.0. The maximum atomic E-state index is 13.1. The summed E-state index contributed by atoms with van der Waals surface area (Å²) in [6.45, 7) is 22.8. The lowest BCUT2D eigenvalue weighted by Gasteiger charge is -2.43. The Morgan fingerprint density at radius 3 is 1.27 bits per heavy atom. The first-order chi connectivity index (χ1) is 32.7. The summed E-state index contributed by atoms with van der Waals surface area (Å²) in [5, 5.41) is 0. The molecule has 0 amide bonds. The highest BCUT2D eigenvalue weighted by molar-refractivity contribution is 8.13. The molecule has 3 aromatic carbocycles. The highest BCUT2D eigenvalue weighted by Gasteiger charge is 2.30. The van der Waals surface area contributed by atoms with Crippen molar-refractivity contribution < 1.29 is 108 Å². The molecular weight excluding hydrogens is 1290 g/mol. The number of hydrogen-bond donors (Lipinski definition) is 5. The number of unbranched alkanes of at least 4 members (excludes halogenated alkanes) is 8. The first-order valence-electron chi connectivity index (χ1n) is 27.0. The van der Waals surface area contributed by atoms with Crippen LogP contribution in [0.4, 0.5) is 0 Å². The minimum Gasteiger partial charge on any atom is -1.00 e. The van der Waals surface area contributed by atoms with Crippen LogP contribution in [0.5, 0.6) is 0 Å². The lowest BCUT2D eigenvalue weighted by atomic mass is 10.0. The third kappa shape index (κ3) is 31.2. The van der Waals surface area contributed by atoms with Crippen LogP contribution in [0.2, 0.25) is 0 Å². The Balaban J connectivity index is -0.00000101. The van der Waals surface area contributed by atoms with Gasteiger partial charge in [-0.05, 0) is 115 Å². The number of nitrogens with one attached hydrogen (secondary N) is 3. The average molecular weight is 1400 g/mol. The van der Waals surface area contributed by atoms with Gasteiger partial charge < -0.3 is 85.4 Å². The van der Waals surface area contributed by atoms with Gasteiger partial charge in [0.25, 0.3) is 0 Å². The Hall–Kier alpha value is -0.210. The van der Waals surface area contributed by atoms with E-state index in [1.165, 1.54) is 93.0 Å². The minimum absolute atomic E-state index is 0. The van der Waals surface area contributed by atoms with E-state index < -0.39 is 19.1 Å². The molecule has 1 atom stereocenters. The van der Waals surface area contributed by atoms with Gasteiger partial charge in [-0.3, -0.25) is 13.9 Å². The van der Waals surface area contributed by atoms with Gasteiger partial charge in [0.05, 0.1) is 103 Å². The van der Waals surface area contributed by atoms with Crippen LogP contribution in [-0.4, -0.2) is 145 Å². The van der Waals surface area contributed by atoms with Gasteiger partial charge >= 0.3 is 0 Å². The molecule has 0 saturated carbocycles. The van der Waals surface area contributed by atoms with Crippen molar-refractivity contribution in [3.05, 3.63) is 95.1 Å². The Labute approximate surface area is 500 Å². The van der Waals surface area contributed by atoms with E-state index in [9.17, 15) is 17.5 Å². The van der Waals surface area contributed by atoms with Crippen molar-refractivity contribution in [2.45, 2.75) is 154 Å². The molecule has 0 bridgehead atoms. The van der Waals surface area contributed by atoms with E-state index in [4.69, 9.17) is 4.84 Å². The van der Waals surface area contributed by atoms with Crippen molar-refractivity contribution in [1.29, 1.82) is 0 Å². The van der Waals surface area contributed by atoms with E-state index >= 15 is 0 Å². The van der Waals surface area contributed by atoms with Gasteiger partial charge in [-0.1, -0.05) is 112 Å². The largest absolute Gasteiger partial charge is 1.00 e. The molecule has 0 radical (unpaired) electrons. The van der Waals surface area contributed by atoms with E-state index in [2.05, 4.69) is 116 Å². The smallest absolute Gasteiger partial charge is 0.104 e. The Morgan fingerprint density at radius 2 is 0.890 bits per heavy atom. The molecule has 5 N–H and O–H groups in total. The molecule has 0 aliphatic carbocycles. The van der Waals surface area contributed by atoms with Crippen LogP contribution in [0.15, 0.2) is 82.6 Å². The second-order valence-electron chi connectivity index (χ2n) is 22.0. The highest BCUT2D eigenvalue weighted by atomic mass is 127. The van der Waals surface area contributed by atoms with Crippen molar-refractivity contribution >= 4 is 19.1 Å². The summed E-state index contributed by atoms with van der Waals surface area (Å²) >= 11 is 0. The number of halogens is 3. The molecule has 430 valence electrons. The molecule has 3 rings (SSSR count). The maximum Gasteiger partial charge on any atom is 0.104 e. The Bertz CT molecular complexity index is 1990. The average Bonchev–Trinajstić information content (AvgIpc) is 3.31. The summed E-state index contributed by atoms with van der Waals surface area (Å²) in [6, 6.07) is 23.4. The lowest BCUT2D eigenvalue weighted by Crippen LogP contribution is -3.00. The molecule has 0 aromatic heterocycles. The van der Waals surface area contributed by atoms with E-state index in [-0.39, 0.29) is 89.5 Å². The molecule has 0 heterocycles. The summed E-state index contributed by atoms with van der Waals surface area (Å²) < 4.78 is 56.0. The third-order valence-electron chi connectivity index (χ3n) is 13.9. The molecule has 3 aromatic rings. The van der Waals surface area contributed by atoms with Crippen molar-refractivity contribution in [1.82, 2.24) is 14.9 Å². The number of benzene rings is 3. The molecule has 0 fully saturated rings. The normalized spacial score (nSPS) is 13.4. The van der Waals surface area contributed by atoms with Gasteiger partial charge in [0.1, 0.15) is 6.10 Å². The van der Waals surface area contributed by atoms with Crippen molar-refractivity contribution in [3.63, 3.8) is 0 Å². The van der Waals surface area contributed by atoms with Crippen LogP contribution in [-0.2, 0) is 23.9 Å². The van der Waals surface area contributed by atoms with Crippen LogP contribution in [0.3, 0.4) is 0 Å². The number of nitrogens with zero attached hydrogens (tertiary/aromatic N) is 3. The first kappa shape index (κ1) is 77.0. The van der Waals surface area contributed by atoms with E-state index in [0.29, 0.717) is 16.2 Å². The van der Waals surface area contributed by atoms with Crippen LogP contribution in [0, 0.1) is 20.8 Å². The molecule has 0 aliphatic rings. The summed E-state index contributed by atoms with van der Waals surface area (Å²) in [4.78, 5) is 6.97. The quantitative estimate of drug-likeness (QED) is 0.0278. The monoisotopic (exact) mass is 1400 g/mol. The topological polar surface area (TPSA) is 120 Å². The van der Waals surface area contributed by atoms with Gasteiger partial charge in [0.2, 0.25) is 0 Å². The van der Waals surface area contributed by atoms with Gasteiger partial charge in [-0.15, -0.1) is 19.1 Å². The molecule has 0 aliphatic heterocycles. The van der Waals surface area contributed by atoms with Crippen molar-refractivity contribution in [2.75, 3.05) is 114 Å². The summed E-state index contributed by atoms with van der Waals surface area (Å²) in [7, 11) is 8.44. The van der Waals surface area contributed by atoms with Crippen molar-refractivity contribution in [3.8, 4) is 0 Å². The molecule has 73 heavy (non-hydrogen) atoms.